The highest BCUT2D eigenvalue weighted by Gasteiger charge is 2.18. The highest BCUT2D eigenvalue weighted by Crippen LogP contribution is 2.32. The second kappa shape index (κ2) is 8.91. The van der Waals surface area contributed by atoms with Crippen LogP contribution in [0.2, 0.25) is 0 Å². The Balaban J connectivity index is 1.59. The average Bonchev–Trinajstić information content (AvgIpc) is 2.93. The van der Waals surface area contributed by atoms with E-state index in [2.05, 4.69) is 48.7 Å². The first-order valence-electron chi connectivity index (χ1n) is 9.62. The van der Waals surface area contributed by atoms with Crippen molar-refractivity contribution in [1.82, 2.24) is 5.32 Å². The first kappa shape index (κ1) is 19.2. The lowest BCUT2D eigenvalue weighted by Crippen LogP contribution is -2.39. The molecule has 0 aliphatic carbocycles. The van der Waals surface area contributed by atoms with Crippen molar-refractivity contribution in [3.8, 4) is 11.5 Å². The van der Waals surface area contributed by atoms with Gasteiger partial charge in [-0.25, -0.2) is 0 Å². The van der Waals surface area contributed by atoms with Crippen LogP contribution in [0.15, 0.2) is 42.5 Å². The van der Waals surface area contributed by atoms with E-state index >= 15 is 0 Å². The number of aryl methyl sites for hydroxylation is 1. The van der Waals surface area contributed by atoms with Crippen molar-refractivity contribution in [2.75, 3.05) is 18.5 Å². The summed E-state index contributed by atoms with van der Waals surface area (Å²) in [4.78, 5) is 12.6. The van der Waals surface area contributed by atoms with Crippen LogP contribution < -0.4 is 20.1 Å². The van der Waals surface area contributed by atoms with Crippen LogP contribution in [0.4, 0.5) is 5.69 Å². The zero-order chi connectivity index (χ0) is 19.2. The summed E-state index contributed by atoms with van der Waals surface area (Å²) in [6.07, 6.45) is 1.88. The summed E-state index contributed by atoms with van der Waals surface area (Å²) < 4.78 is 11.3. The fraction of sp³-hybridized carbons (Fsp3) is 0.409. The van der Waals surface area contributed by atoms with Gasteiger partial charge in [0.15, 0.2) is 11.5 Å². The molecule has 3 rings (SSSR count). The quantitative estimate of drug-likeness (QED) is 0.806. The van der Waals surface area contributed by atoms with Crippen molar-refractivity contribution in [3.63, 3.8) is 0 Å². The van der Waals surface area contributed by atoms with E-state index in [9.17, 15) is 4.79 Å². The molecule has 1 heterocycles. The van der Waals surface area contributed by atoms with E-state index in [-0.39, 0.29) is 18.0 Å². The van der Waals surface area contributed by atoms with Gasteiger partial charge in [0.1, 0.15) is 0 Å². The predicted octanol–water partition coefficient (Wildman–Crippen LogP) is 4.09. The average molecular weight is 368 g/mol. The van der Waals surface area contributed by atoms with Gasteiger partial charge in [-0.15, -0.1) is 0 Å². The molecule has 0 saturated carbocycles. The molecular weight excluding hydrogens is 340 g/mol. The summed E-state index contributed by atoms with van der Waals surface area (Å²) in [6.45, 7) is 7.35. The molecule has 2 unspecified atom stereocenters. The third-order valence-electron chi connectivity index (χ3n) is 4.80. The van der Waals surface area contributed by atoms with Gasteiger partial charge in [0, 0.05) is 24.2 Å². The standard InChI is InChI=1S/C22H28N2O3/c1-4-17-6-8-18(9-7-17)15(2)23-16(3)22(25)24-19-10-11-20-21(14-19)27-13-5-12-26-20/h6-11,14-16,23H,4-5,12-13H2,1-3H3,(H,24,25). The molecule has 0 spiro atoms. The summed E-state index contributed by atoms with van der Waals surface area (Å²) in [5.41, 5.74) is 3.19. The molecule has 2 atom stereocenters. The van der Waals surface area contributed by atoms with E-state index in [4.69, 9.17) is 9.47 Å². The highest BCUT2D eigenvalue weighted by atomic mass is 16.5. The Morgan fingerprint density at radius 2 is 1.74 bits per heavy atom. The molecule has 27 heavy (non-hydrogen) atoms. The molecule has 0 radical (unpaired) electrons. The summed E-state index contributed by atoms with van der Waals surface area (Å²) in [7, 11) is 0. The maximum atomic E-state index is 12.6. The summed E-state index contributed by atoms with van der Waals surface area (Å²) in [6, 6.07) is 13.7. The minimum atomic E-state index is -0.332. The van der Waals surface area contributed by atoms with Crippen molar-refractivity contribution in [1.29, 1.82) is 0 Å². The van der Waals surface area contributed by atoms with Gasteiger partial charge in [0.05, 0.1) is 19.3 Å². The van der Waals surface area contributed by atoms with Crippen LogP contribution in [-0.4, -0.2) is 25.2 Å². The number of ether oxygens (including phenoxy) is 2. The monoisotopic (exact) mass is 368 g/mol. The Morgan fingerprint density at radius 1 is 1.04 bits per heavy atom. The first-order chi connectivity index (χ1) is 13.1. The van der Waals surface area contributed by atoms with Gasteiger partial charge < -0.3 is 14.8 Å². The van der Waals surface area contributed by atoms with E-state index in [1.165, 1.54) is 11.1 Å². The minimum Gasteiger partial charge on any atom is -0.490 e. The van der Waals surface area contributed by atoms with E-state index in [1.807, 2.05) is 25.1 Å². The van der Waals surface area contributed by atoms with Crippen LogP contribution in [0.3, 0.4) is 0 Å². The topological polar surface area (TPSA) is 59.6 Å². The SMILES string of the molecule is CCc1ccc(C(C)NC(C)C(=O)Nc2ccc3c(c2)OCCCO3)cc1. The zero-order valence-corrected chi connectivity index (χ0v) is 16.2. The molecule has 2 aromatic carbocycles. The van der Waals surface area contributed by atoms with Crippen molar-refractivity contribution in [2.45, 2.75) is 45.7 Å². The molecule has 0 fully saturated rings. The fourth-order valence-electron chi connectivity index (χ4n) is 3.08. The van der Waals surface area contributed by atoms with Gasteiger partial charge in [-0.3, -0.25) is 10.1 Å². The van der Waals surface area contributed by atoms with Crippen LogP contribution >= 0.6 is 0 Å². The van der Waals surface area contributed by atoms with Crippen molar-refractivity contribution in [2.24, 2.45) is 0 Å². The number of hydrogen-bond acceptors (Lipinski definition) is 4. The van der Waals surface area contributed by atoms with Crippen LogP contribution in [0.25, 0.3) is 0 Å². The molecule has 0 bridgehead atoms. The lowest BCUT2D eigenvalue weighted by molar-refractivity contribution is -0.117. The molecule has 0 saturated heterocycles. The van der Waals surface area contributed by atoms with Gasteiger partial charge in [-0.2, -0.15) is 0 Å². The molecule has 144 valence electrons. The zero-order valence-electron chi connectivity index (χ0n) is 16.2. The molecule has 5 nitrogen and oxygen atoms in total. The van der Waals surface area contributed by atoms with Gasteiger partial charge in [-0.1, -0.05) is 31.2 Å². The number of fused-ring (bicyclic) bond motifs is 1. The lowest BCUT2D eigenvalue weighted by atomic mass is 10.0. The van der Waals surface area contributed by atoms with Crippen LogP contribution in [-0.2, 0) is 11.2 Å². The van der Waals surface area contributed by atoms with E-state index in [0.717, 1.165) is 18.6 Å². The maximum absolute atomic E-state index is 12.6. The number of carbonyl (C=O) groups excluding carboxylic acids is 1. The summed E-state index contributed by atoms with van der Waals surface area (Å²) >= 11 is 0. The lowest BCUT2D eigenvalue weighted by Gasteiger charge is -2.20. The van der Waals surface area contributed by atoms with E-state index in [1.54, 1.807) is 0 Å². The third-order valence-corrected chi connectivity index (χ3v) is 4.80. The Bertz CT molecular complexity index is 774. The highest BCUT2D eigenvalue weighted by molar-refractivity contribution is 5.94. The molecule has 0 aromatic heterocycles. The smallest absolute Gasteiger partial charge is 0.241 e. The Kier molecular flexibility index (Phi) is 6.35. The molecule has 5 heteroatoms. The predicted molar refractivity (Wildman–Crippen MR) is 108 cm³/mol. The van der Waals surface area contributed by atoms with Crippen molar-refractivity contribution < 1.29 is 14.3 Å². The van der Waals surface area contributed by atoms with E-state index in [0.29, 0.717) is 24.7 Å². The first-order valence-corrected chi connectivity index (χ1v) is 9.62. The number of benzene rings is 2. The second-order valence-electron chi connectivity index (χ2n) is 6.91. The molecule has 1 amide bonds. The number of amides is 1. The number of anilines is 1. The normalized spacial score (nSPS) is 15.5. The van der Waals surface area contributed by atoms with Gasteiger partial charge in [0.25, 0.3) is 0 Å². The molecule has 1 aliphatic heterocycles. The molecule has 1 aliphatic rings. The van der Waals surface area contributed by atoms with Crippen LogP contribution in [0.1, 0.15) is 44.4 Å². The molecular formula is C22H28N2O3. The Labute approximate surface area is 161 Å². The van der Waals surface area contributed by atoms with Gasteiger partial charge in [0.2, 0.25) is 5.91 Å². The second-order valence-corrected chi connectivity index (χ2v) is 6.91. The maximum Gasteiger partial charge on any atom is 0.241 e. The Hall–Kier alpha value is -2.53. The van der Waals surface area contributed by atoms with Gasteiger partial charge in [-0.05, 0) is 43.5 Å². The number of nitrogens with one attached hydrogen (secondary N) is 2. The minimum absolute atomic E-state index is 0.0819. The number of hydrogen-bond donors (Lipinski definition) is 2. The fourth-order valence-corrected chi connectivity index (χ4v) is 3.08. The number of carbonyl (C=O) groups is 1. The third kappa shape index (κ3) is 5.01. The van der Waals surface area contributed by atoms with Gasteiger partial charge >= 0.3 is 0 Å². The van der Waals surface area contributed by atoms with Crippen LogP contribution in [0, 0.1) is 0 Å². The summed E-state index contributed by atoms with van der Waals surface area (Å²) in [5.74, 6) is 1.32. The molecule has 2 N–H and O–H groups in total. The largest absolute Gasteiger partial charge is 0.490 e. The Morgan fingerprint density at radius 3 is 2.44 bits per heavy atom. The number of rotatable bonds is 6. The van der Waals surface area contributed by atoms with Crippen molar-refractivity contribution in [3.05, 3.63) is 53.6 Å². The van der Waals surface area contributed by atoms with Crippen LogP contribution in [0.5, 0.6) is 11.5 Å². The summed E-state index contributed by atoms with van der Waals surface area (Å²) in [5, 5.41) is 6.31. The van der Waals surface area contributed by atoms with Crippen molar-refractivity contribution >= 4 is 11.6 Å². The van der Waals surface area contributed by atoms with E-state index < -0.39 is 0 Å². The molecule has 2 aromatic rings.